The fraction of sp³-hybridized carbons (Fsp3) is 1.00. The predicted molar refractivity (Wildman–Crippen MR) is 41.9 cm³/mol. The second kappa shape index (κ2) is 3.29. The Kier molecular flexibility index (Phi) is 3.39. The smallest absolute Gasteiger partial charge is 0.0548 e. The minimum atomic E-state index is -1.41. The molecule has 0 aliphatic heterocycles. The van der Waals surface area contributed by atoms with E-state index in [0.29, 0.717) is 0 Å². The quantitative estimate of drug-likeness (QED) is 0.527. The van der Waals surface area contributed by atoms with Gasteiger partial charge in [-0.15, -0.1) is 0 Å². The fourth-order valence-corrected chi connectivity index (χ4v) is 2.01. The minimum absolute atomic E-state index is 0.986. The van der Waals surface area contributed by atoms with Crippen molar-refractivity contribution in [2.75, 3.05) is 18.5 Å². The van der Waals surface area contributed by atoms with E-state index < -0.39 is 7.05 Å². The van der Waals surface area contributed by atoms with E-state index in [2.05, 4.69) is 20.8 Å². The van der Waals surface area contributed by atoms with E-state index in [-0.39, 0.29) is 0 Å². The minimum Gasteiger partial charge on any atom is -0.808 e. The molecule has 0 heterocycles. The molecule has 0 aromatic carbocycles. The molecule has 0 aromatic heterocycles. The van der Waals surface area contributed by atoms with E-state index in [0.717, 1.165) is 18.5 Å². The van der Waals surface area contributed by atoms with Gasteiger partial charge in [0.25, 0.3) is 0 Å². The summed E-state index contributed by atoms with van der Waals surface area (Å²) in [6.07, 6.45) is 2.96. The van der Waals surface area contributed by atoms with Crippen LogP contribution in [0, 0.1) is 0 Å². The van der Waals surface area contributed by atoms with Gasteiger partial charge in [0.05, 0.1) is 0 Å². The van der Waals surface area contributed by atoms with Crippen LogP contribution < -0.4 is 0 Å². The predicted octanol–water partition coefficient (Wildman–Crippen LogP) is 2.82. The lowest BCUT2D eigenvalue weighted by Gasteiger charge is -2.27. The Bertz CT molecular complexity index is 79.7. The summed E-state index contributed by atoms with van der Waals surface area (Å²) in [5.41, 5.74) is 0. The molecule has 0 atom stereocenters. The van der Waals surface area contributed by atoms with Crippen molar-refractivity contribution < 1.29 is 0 Å². The molecule has 0 aromatic rings. The van der Waals surface area contributed by atoms with Crippen LogP contribution in [0.25, 0.3) is 5.16 Å². The molecule has 0 radical (unpaired) electrons. The van der Waals surface area contributed by atoms with Gasteiger partial charge in [0.15, 0.2) is 0 Å². The zero-order valence-electron chi connectivity index (χ0n) is 6.02. The molecule has 1 nitrogen and oxygen atoms in total. The molecule has 0 bridgehead atoms. The summed E-state index contributed by atoms with van der Waals surface area (Å²) in [4.78, 5) is 0. The van der Waals surface area contributed by atoms with Gasteiger partial charge in [0, 0.05) is 0 Å². The first-order chi connectivity index (χ1) is 3.68. The van der Waals surface area contributed by atoms with E-state index in [4.69, 9.17) is 0 Å². The molecule has 0 spiro atoms. The highest BCUT2D eigenvalue weighted by molar-refractivity contribution is 7.67. The highest BCUT2D eigenvalue weighted by Crippen LogP contribution is 2.45. The Morgan fingerprint density at radius 1 is 1.00 bits per heavy atom. The maximum Gasteiger partial charge on any atom is -0.0548 e. The summed E-state index contributed by atoms with van der Waals surface area (Å²) >= 11 is 0. The van der Waals surface area contributed by atoms with E-state index in [1.165, 1.54) is 0 Å². The van der Waals surface area contributed by atoms with E-state index in [1.54, 1.807) is 0 Å². The van der Waals surface area contributed by atoms with Gasteiger partial charge < -0.3 is 5.16 Å². The van der Waals surface area contributed by atoms with E-state index in [1.807, 2.05) is 0 Å². The van der Waals surface area contributed by atoms with Gasteiger partial charge in [-0.05, 0) is 0 Å². The summed E-state index contributed by atoms with van der Waals surface area (Å²) in [5.74, 6) is 0. The third-order valence-corrected chi connectivity index (χ3v) is 5.30. The summed E-state index contributed by atoms with van der Waals surface area (Å²) < 4.78 is 0. The maximum atomic E-state index is 9.55. The van der Waals surface area contributed by atoms with E-state index >= 15 is 0 Å². The standard InChI is InChI=1S/C6H15NP/c1-4-8(7,5-2)6-3/h4-6H2,1-3H3/q-1. The molecular formula is C6H15NP-. The Hall–Kier alpha value is 0.230. The Labute approximate surface area is 52.3 Å². The second-order valence-corrected chi connectivity index (χ2v) is 6.13. The molecule has 0 fully saturated rings. The summed E-state index contributed by atoms with van der Waals surface area (Å²) in [6.45, 7) is 6.21. The van der Waals surface area contributed by atoms with Crippen molar-refractivity contribution in [2.45, 2.75) is 20.8 Å². The number of nitrogens with zero attached hydrogens (tertiary/aromatic N) is 1. The van der Waals surface area contributed by atoms with Crippen molar-refractivity contribution in [3.05, 3.63) is 5.16 Å². The molecule has 0 aliphatic carbocycles. The number of rotatable bonds is 3. The van der Waals surface area contributed by atoms with Gasteiger partial charge in [0.2, 0.25) is 0 Å². The molecule has 8 heavy (non-hydrogen) atoms. The van der Waals surface area contributed by atoms with Crippen molar-refractivity contribution in [3.8, 4) is 0 Å². The molecule has 0 aliphatic rings. The van der Waals surface area contributed by atoms with Gasteiger partial charge in [-0.2, -0.15) is 0 Å². The molecule has 0 amide bonds. The first kappa shape index (κ1) is 8.23. The van der Waals surface area contributed by atoms with Gasteiger partial charge in [-0.1, -0.05) is 39.3 Å². The van der Waals surface area contributed by atoms with Gasteiger partial charge in [-0.25, -0.2) is 7.05 Å². The number of hydrogen-bond donors (Lipinski definition) is 0. The third-order valence-electron chi connectivity index (χ3n) is 1.77. The van der Waals surface area contributed by atoms with Crippen molar-refractivity contribution >= 4 is 7.05 Å². The van der Waals surface area contributed by atoms with Crippen LogP contribution in [-0.4, -0.2) is 18.5 Å². The van der Waals surface area contributed by atoms with Gasteiger partial charge in [-0.3, -0.25) is 0 Å². The lowest BCUT2D eigenvalue weighted by molar-refractivity contribution is 1.34. The third kappa shape index (κ3) is 2.00. The number of hydrogen-bond acceptors (Lipinski definition) is 0. The van der Waals surface area contributed by atoms with Crippen LogP contribution in [-0.2, 0) is 0 Å². The zero-order chi connectivity index (χ0) is 6.62. The van der Waals surface area contributed by atoms with Crippen molar-refractivity contribution in [1.29, 1.82) is 0 Å². The van der Waals surface area contributed by atoms with Crippen LogP contribution in [0.3, 0.4) is 0 Å². The van der Waals surface area contributed by atoms with E-state index in [9.17, 15) is 5.16 Å². The first-order valence-electron chi connectivity index (χ1n) is 3.27. The van der Waals surface area contributed by atoms with Crippen LogP contribution in [0.15, 0.2) is 0 Å². The molecule has 0 rings (SSSR count). The molecule has 0 N–H and O–H groups in total. The molecule has 2 heteroatoms. The molecule has 50 valence electrons. The monoisotopic (exact) mass is 132 g/mol. The summed E-state index contributed by atoms with van der Waals surface area (Å²) in [5, 5.41) is 9.55. The van der Waals surface area contributed by atoms with Gasteiger partial charge >= 0.3 is 0 Å². The summed E-state index contributed by atoms with van der Waals surface area (Å²) in [7, 11) is -1.41. The lowest BCUT2D eigenvalue weighted by Crippen LogP contribution is -1.89. The SMILES string of the molecule is CCP(=[N-])(CC)CC. The average Bonchev–Trinajstić information content (AvgIpc) is 1.87. The highest BCUT2D eigenvalue weighted by Gasteiger charge is 1.95. The van der Waals surface area contributed by atoms with Crippen molar-refractivity contribution in [3.63, 3.8) is 0 Å². The zero-order valence-corrected chi connectivity index (χ0v) is 6.91. The van der Waals surface area contributed by atoms with Crippen LogP contribution in [0.4, 0.5) is 0 Å². The Balaban J connectivity index is 3.79. The fourth-order valence-electron chi connectivity index (χ4n) is 0.671. The van der Waals surface area contributed by atoms with Crippen LogP contribution in [0.2, 0.25) is 0 Å². The maximum absolute atomic E-state index is 9.55. The second-order valence-electron chi connectivity index (χ2n) is 2.04. The highest BCUT2D eigenvalue weighted by atomic mass is 31.2. The molecule has 0 saturated heterocycles. The lowest BCUT2D eigenvalue weighted by atomic mass is 10.9. The average molecular weight is 132 g/mol. The summed E-state index contributed by atoms with van der Waals surface area (Å²) in [6, 6.07) is 0. The molecular weight excluding hydrogens is 117 g/mol. The largest absolute Gasteiger partial charge is 0.808 e. The Morgan fingerprint density at radius 2 is 1.25 bits per heavy atom. The topological polar surface area (TPSA) is 22.3 Å². The van der Waals surface area contributed by atoms with Crippen LogP contribution in [0.1, 0.15) is 20.8 Å². The first-order valence-corrected chi connectivity index (χ1v) is 5.57. The Morgan fingerprint density at radius 3 is 1.25 bits per heavy atom. The molecule has 0 unspecified atom stereocenters. The van der Waals surface area contributed by atoms with Crippen molar-refractivity contribution in [1.82, 2.24) is 0 Å². The normalized spacial score (nSPS) is 11.9. The van der Waals surface area contributed by atoms with Crippen molar-refractivity contribution in [2.24, 2.45) is 0 Å². The van der Waals surface area contributed by atoms with Crippen LogP contribution in [0.5, 0.6) is 0 Å². The van der Waals surface area contributed by atoms with Gasteiger partial charge in [0.1, 0.15) is 0 Å². The molecule has 0 saturated carbocycles. The van der Waals surface area contributed by atoms with Crippen LogP contribution >= 0.6 is 7.05 Å².